The molecule has 0 aliphatic heterocycles. The summed E-state index contributed by atoms with van der Waals surface area (Å²) in [5.41, 5.74) is 0. The fourth-order valence-electron chi connectivity index (χ4n) is 2.07. The summed E-state index contributed by atoms with van der Waals surface area (Å²) in [7, 11) is -3.28. The molecule has 0 fully saturated rings. The van der Waals surface area contributed by atoms with Gasteiger partial charge in [-0.1, -0.05) is 32.0 Å². The van der Waals surface area contributed by atoms with Crippen molar-refractivity contribution < 1.29 is 13.2 Å². The van der Waals surface area contributed by atoms with Gasteiger partial charge in [-0.15, -0.1) is 0 Å². The van der Waals surface area contributed by atoms with Gasteiger partial charge in [0.2, 0.25) is 0 Å². The fourth-order valence-corrected chi connectivity index (χ4v) is 3.25. The van der Waals surface area contributed by atoms with Crippen LogP contribution in [0.2, 0.25) is 0 Å². The number of nitrogens with one attached hydrogen (secondary N) is 2. The van der Waals surface area contributed by atoms with Gasteiger partial charge in [-0.25, -0.2) is 8.42 Å². The van der Waals surface area contributed by atoms with E-state index in [9.17, 15) is 8.42 Å². The van der Waals surface area contributed by atoms with Crippen molar-refractivity contribution in [3.63, 3.8) is 0 Å². The molecule has 1 rings (SSSR count). The molecular formula is C18H31N3O3S. The Morgan fingerprint density at radius 2 is 1.92 bits per heavy atom. The fraction of sp³-hybridized carbons (Fsp3) is 0.611. The normalized spacial score (nSPS) is 12.4. The van der Waals surface area contributed by atoms with Crippen LogP contribution in [0.5, 0.6) is 0 Å². The van der Waals surface area contributed by atoms with Gasteiger partial charge in [-0.3, -0.25) is 4.99 Å². The van der Waals surface area contributed by atoms with Crippen molar-refractivity contribution in [1.29, 1.82) is 0 Å². The Balaban J connectivity index is 2.38. The summed E-state index contributed by atoms with van der Waals surface area (Å²) in [4.78, 5) is 4.79. The molecule has 0 saturated heterocycles. The van der Waals surface area contributed by atoms with Gasteiger partial charge < -0.3 is 15.4 Å². The highest BCUT2D eigenvalue weighted by Crippen LogP contribution is 2.09. The van der Waals surface area contributed by atoms with E-state index in [1.54, 1.807) is 30.3 Å². The maximum atomic E-state index is 12.2. The van der Waals surface area contributed by atoms with Gasteiger partial charge >= 0.3 is 0 Å². The lowest BCUT2D eigenvalue weighted by Gasteiger charge is -2.12. The van der Waals surface area contributed by atoms with E-state index >= 15 is 0 Å². The first-order valence-corrected chi connectivity index (χ1v) is 10.5. The summed E-state index contributed by atoms with van der Waals surface area (Å²) in [6.07, 6.45) is 0.839. The second-order valence-corrected chi connectivity index (χ2v) is 8.25. The Bertz CT molecular complexity index is 601. The maximum absolute atomic E-state index is 12.2. The van der Waals surface area contributed by atoms with E-state index < -0.39 is 9.84 Å². The lowest BCUT2D eigenvalue weighted by molar-refractivity contribution is 0.109. The number of guanidine groups is 1. The third kappa shape index (κ3) is 9.45. The summed E-state index contributed by atoms with van der Waals surface area (Å²) in [6, 6.07) is 8.50. The number of sulfone groups is 1. The first-order valence-electron chi connectivity index (χ1n) is 8.83. The van der Waals surface area contributed by atoms with E-state index in [0.29, 0.717) is 36.5 Å². The van der Waals surface area contributed by atoms with Crippen molar-refractivity contribution in [3.05, 3.63) is 30.3 Å². The van der Waals surface area contributed by atoms with Gasteiger partial charge in [-0.2, -0.15) is 0 Å². The molecule has 1 aromatic rings. The monoisotopic (exact) mass is 369 g/mol. The van der Waals surface area contributed by atoms with Gasteiger partial charge in [0.05, 0.1) is 10.6 Å². The van der Waals surface area contributed by atoms with Crippen molar-refractivity contribution in [2.24, 2.45) is 10.9 Å². The first kappa shape index (κ1) is 21.4. The maximum Gasteiger partial charge on any atom is 0.191 e. The van der Waals surface area contributed by atoms with Crippen LogP contribution in [0.15, 0.2) is 40.2 Å². The molecule has 0 saturated carbocycles. The molecule has 0 aromatic heterocycles. The molecule has 0 aliphatic carbocycles. The zero-order valence-electron chi connectivity index (χ0n) is 15.5. The largest absolute Gasteiger partial charge is 0.381 e. The summed E-state index contributed by atoms with van der Waals surface area (Å²) >= 11 is 0. The minimum Gasteiger partial charge on any atom is -0.381 e. The number of hydrogen-bond acceptors (Lipinski definition) is 4. The predicted molar refractivity (Wildman–Crippen MR) is 103 cm³/mol. The molecule has 2 N–H and O–H groups in total. The van der Waals surface area contributed by atoms with E-state index in [1.165, 1.54) is 0 Å². The number of ether oxygens (including phenoxy) is 1. The van der Waals surface area contributed by atoms with Crippen molar-refractivity contribution >= 4 is 15.8 Å². The molecule has 0 radical (unpaired) electrons. The van der Waals surface area contributed by atoms with Gasteiger partial charge in [0.25, 0.3) is 0 Å². The second-order valence-electron chi connectivity index (χ2n) is 6.14. The molecule has 0 spiro atoms. The molecule has 25 heavy (non-hydrogen) atoms. The molecule has 7 heteroatoms. The molecule has 0 amide bonds. The number of benzene rings is 1. The van der Waals surface area contributed by atoms with Crippen LogP contribution in [0.4, 0.5) is 0 Å². The van der Waals surface area contributed by atoms with Crippen LogP contribution in [-0.2, 0) is 14.6 Å². The molecular weight excluding hydrogens is 338 g/mol. The highest BCUT2D eigenvalue weighted by atomic mass is 32.2. The number of nitrogens with zero attached hydrogens (tertiary/aromatic N) is 1. The van der Waals surface area contributed by atoms with Crippen LogP contribution >= 0.6 is 0 Å². The Morgan fingerprint density at radius 1 is 1.20 bits per heavy atom. The van der Waals surface area contributed by atoms with Crippen LogP contribution in [0.1, 0.15) is 27.2 Å². The smallest absolute Gasteiger partial charge is 0.191 e. The average molecular weight is 370 g/mol. The molecule has 0 unspecified atom stereocenters. The highest BCUT2D eigenvalue weighted by molar-refractivity contribution is 7.91. The van der Waals surface area contributed by atoms with Crippen molar-refractivity contribution in [2.45, 2.75) is 32.1 Å². The van der Waals surface area contributed by atoms with Crippen molar-refractivity contribution in [1.82, 2.24) is 10.6 Å². The zero-order chi connectivity index (χ0) is 18.5. The Kier molecular flexibility index (Phi) is 10.2. The lowest BCUT2D eigenvalue weighted by atomic mass is 10.2. The van der Waals surface area contributed by atoms with E-state index in [-0.39, 0.29) is 5.75 Å². The SMILES string of the molecule is CCNC(=NCCCOCC(C)C)NCCS(=O)(=O)c1ccccc1. The van der Waals surface area contributed by atoms with E-state index in [1.807, 2.05) is 6.92 Å². The Hall–Kier alpha value is -1.60. The predicted octanol–water partition coefficient (Wildman–Crippen LogP) is 2.08. The molecule has 142 valence electrons. The quantitative estimate of drug-likeness (QED) is 0.355. The van der Waals surface area contributed by atoms with Crippen LogP contribution < -0.4 is 10.6 Å². The van der Waals surface area contributed by atoms with Crippen LogP contribution in [-0.4, -0.2) is 53.0 Å². The minimum absolute atomic E-state index is 0.0267. The van der Waals surface area contributed by atoms with Crippen LogP contribution in [0.25, 0.3) is 0 Å². The minimum atomic E-state index is -3.28. The topological polar surface area (TPSA) is 79.8 Å². The summed E-state index contributed by atoms with van der Waals surface area (Å²) < 4.78 is 30.0. The second kappa shape index (κ2) is 11.9. The van der Waals surface area contributed by atoms with Crippen molar-refractivity contribution in [2.75, 3.05) is 38.6 Å². The third-order valence-electron chi connectivity index (χ3n) is 3.28. The number of hydrogen-bond donors (Lipinski definition) is 2. The summed E-state index contributed by atoms with van der Waals surface area (Å²) in [5.74, 6) is 1.20. The van der Waals surface area contributed by atoms with Crippen LogP contribution in [0.3, 0.4) is 0 Å². The Labute approximate surface area is 152 Å². The average Bonchev–Trinajstić information content (AvgIpc) is 2.58. The van der Waals surface area contributed by atoms with E-state index in [2.05, 4.69) is 29.5 Å². The summed E-state index contributed by atoms with van der Waals surface area (Å²) in [5, 5.41) is 6.20. The highest BCUT2D eigenvalue weighted by Gasteiger charge is 2.13. The number of rotatable bonds is 11. The zero-order valence-corrected chi connectivity index (χ0v) is 16.3. The van der Waals surface area contributed by atoms with E-state index in [4.69, 9.17) is 4.74 Å². The van der Waals surface area contributed by atoms with Gasteiger partial charge in [0.1, 0.15) is 0 Å². The Morgan fingerprint density at radius 3 is 2.56 bits per heavy atom. The lowest BCUT2D eigenvalue weighted by Crippen LogP contribution is -2.39. The third-order valence-corrected chi connectivity index (χ3v) is 5.01. The molecule has 0 aliphatic rings. The van der Waals surface area contributed by atoms with Gasteiger partial charge in [0, 0.05) is 32.8 Å². The molecule has 0 bridgehead atoms. The number of aliphatic imine (C=N–C) groups is 1. The van der Waals surface area contributed by atoms with Gasteiger partial charge in [-0.05, 0) is 31.4 Å². The molecule has 0 heterocycles. The molecule has 1 aromatic carbocycles. The van der Waals surface area contributed by atoms with E-state index in [0.717, 1.165) is 19.6 Å². The van der Waals surface area contributed by atoms with Gasteiger partial charge in [0.15, 0.2) is 15.8 Å². The van der Waals surface area contributed by atoms with Crippen molar-refractivity contribution in [3.8, 4) is 0 Å². The van der Waals surface area contributed by atoms with Crippen LogP contribution in [0, 0.1) is 5.92 Å². The molecule has 0 atom stereocenters. The standard InChI is InChI=1S/C18H31N3O3S/c1-4-19-18(20-11-8-13-24-15-16(2)3)21-12-14-25(22,23)17-9-6-5-7-10-17/h5-7,9-10,16H,4,8,11-15H2,1-3H3,(H2,19,20,21). The molecule has 6 nitrogen and oxygen atoms in total. The first-order chi connectivity index (χ1) is 12.0. The summed E-state index contributed by atoms with van der Waals surface area (Å²) in [6.45, 7) is 9.34.